The van der Waals surface area contributed by atoms with Crippen molar-refractivity contribution in [2.45, 2.75) is 25.3 Å². The zero-order valence-electron chi connectivity index (χ0n) is 19.9. The quantitative estimate of drug-likeness (QED) is 0.379. The highest BCUT2D eigenvalue weighted by molar-refractivity contribution is 5.92. The average molecular weight is 476 g/mol. The number of rotatable bonds is 7. The molecule has 0 aliphatic carbocycles. The second kappa shape index (κ2) is 9.42. The van der Waals surface area contributed by atoms with Crippen molar-refractivity contribution in [1.29, 1.82) is 0 Å². The molecule has 0 radical (unpaired) electrons. The fourth-order valence-corrected chi connectivity index (χ4v) is 4.52. The predicted octanol–water partition coefficient (Wildman–Crippen LogP) is 4.52. The smallest absolute Gasteiger partial charge is 0.407 e. The summed E-state index contributed by atoms with van der Waals surface area (Å²) in [4.78, 5) is 22.3. The molecule has 1 fully saturated rings. The lowest BCUT2D eigenvalue weighted by Crippen LogP contribution is -2.48. The normalized spacial score (nSPS) is 15.4. The minimum Gasteiger partial charge on any atom is -0.491 e. The minimum atomic E-state index is -0.856. The minimum absolute atomic E-state index is 0.208. The van der Waals surface area contributed by atoms with Crippen LogP contribution in [0.2, 0.25) is 0 Å². The third-order valence-corrected chi connectivity index (χ3v) is 6.60. The van der Waals surface area contributed by atoms with Crippen molar-refractivity contribution in [3.63, 3.8) is 0 Å². The van der Waals surface area contributed by atoms with Gasteiger partial charge in [0.25, 0.3) is 0 Å². The number of para-hydroxylation sites is 1. The number of hydrogen-bond donors (Lipinski definition) is 2. The van der Waals surface area contributed by atoms with Crippen LogP contribution < -0.4 is 10.1 Å². The average Bonchev–Trinajstić information content (AvgIpc) is 3.28. The lowest BCUT2D eigenvalue weighted by Gasteiger charge is -2.39. The number of imidazole rings is 1. The van der Waals surface area contributed by atoms with E-state index in [-0.39, 0.29) is 5.54 Å². The molecule has 1 saturated heterocycles. The third kappa shape index (κ3) is 4.72. The maximum atomic E-state index is 11.3. The molecule has 1 amide bonds. The van der Waals surface area contributed by atoms with Gasteiger partial charge in [-0.2, -0.15) is 0 Å². The molecule has 2 N–H and O–H groups in total. The molecule has 5 rings (SSSR count). The summed E-state index contributed by atoms with van der Waals surface area (Å²) >= 11 is 0. The number of carboxylic acid groups (broad SMARTS) is 1. The molecule has 4 heterocycles. The standard InChI is InChI=1S/C26H29N5O4/c1-26(9-12-30(13-10-26)25(32)33)29-21-5-3-4-18-6-7-20(28-24(18)21)22-17-27-23-16-19(8-11-31(22)23)35-15-14-34-2/h3-8,11,16-17,29H,9-10,12-15H2,1-2H3,(H,32,33). The Bertz CT molecular complexity index is 1360. The van der Waals surface area contributed by atoms with Crippen LogP contribution in [-0.2, 0) is 4.74 Å². The molecule has 1 aliphatic rings. The van der Waals surface area contributed by atoms with Gasteiger partial charge in [-0.25, -0.2) is 14.8 Å². The molecule has 0 spiro atoms. The van der Waals surface area contributed by atoms with Crippen LogP contribution in [0.1, 0.15) is 19.8 Å². The van der Waals surface area contributed by atoms with Crippen LogP contribution in [0.15, 0.2) is 54.9 Å². The molecule has 1 aliphatic heterocycles. The third-order valence-electron chi connectivity index (χ3n) is 6.60. The SMILES string of the molecule is COCCOc1ccn2c(-c3ccc4cccc(NC5(C)CCN(C(=O)O)CC5)c4n3)cnc2c1. The Hall–Kier alpha value is -3.85. The number of piperidine rings is 1. The van der Waals surface area contributed by atoms with Gasteiger partial charge in [-0.05, 0) is 38.0 Å². The summed E-state index contributed by atoms with van der Waals surface area (Å²) in [6.45, 7) is 4.18. The number of ether oxygens (including phenoxy) is 2. The highest BCUT2D eigenvalue weighted by Gasteiger charge is 2.32. The van der Waals surface area contributed by atoms with E-state index in [1.165, 1.54) is 4.90 Å². The number of likely N-dealkylation sites (tertiary alicyclic amines) is 1. The van der Waals surface area contributed by atoms with Gasteiger partial charge in [-0.15, -0.1) is 0 Å². The van der Waals surface area contributed by atoms with E-state index < -0.39 is 6.09 Å². The van der Waals surface area contributed by atoms with E-state index in [0.717, 1.165) is 52.2 Å². The number of hydrogen-bond acceptors (Lipinski definition) is 6. The van der Waals surface area contributed by atoms with Gasteiger partial charge in [0.2, 0.25) is 0 Å². The van der Waals surface area contributed by atoms with Gasteiger partial charge in [-0.1, -0.05) is 18.2 Å². The molecule has 4 aromatic rings. The summed E-state index contributed by atoms with van der Waals surface area (Å²) < 4.78 is 12.7. The number of nitrogens with one attached hydrogen (secondary N) is 1. The van der Waals surface area contributed by atoms with Crippen LogP contribution in [0.25, 0.3) is 27.9 Å². The second-order valence-electron chi connectivity index (χ2n) is 9.10. The molecule has 3 aromatic heterocycles. The van der Waals surface area contributed by atoms with Crippen molar-refractivity contribution in [3.05, 3.63) is 54.9 Å². The summed E-state index contributed by atoms with van der Waals surface area (Å²) in [5, 5.41) is 14.0. The Balaban J connectivity index is 1.43. The van der Waals surface area contributed by atoms with Gasteiger partial charge in [0.05, 0.1) is 35.4 Å². The number of aromatic nitrogens is 3. The fraction of sp³-hybridized carbons (Fsp3) is 0.346. The van der Waals surface area contributed by atoms with Crippen molar-refractivity contribution in [2.24, 2.45) is 0 Å². The molecular weight excluding hydrogens is 446 g/mol. The van der Waals surface area contributed by atoms with Crippen molar-refractivity contribution < 1.29 is 19.4 Å². The van der Waals surface area contributed by atoms with Gasteiger partial charge in [0, 0.05) is 43.4 Å². The highest BCUT2D eigenvalue weighted by Crippen LogP contribution is 2.32. The van der Waals surface area contributed by atoms with Crippen LogP contribution in [0.3, 0.4) is 0 Å². The number of methoxy groups -OCH3 is 1. The van der Waals surface area contributed by atoms with E-state index >= 15 is 0 Å². The fourth-order valence-electron chi connectivity index (χ4n) is 4.52. The predicted molar refractivity (Wildman–Crippen MR) is 134 cm³/mol. The molecule has 0 bridgehead atoms. The van der Waals surface area contributed by atoms with Gasteiger partial charge < -0.3 is 24.8 Å². The molecule has 9 heteroatoms. The van der Waals surface area contributed by atoms with Crippen molar-refractivity contribution in [3.8, 4) is 17.1 Å². The van der Waals surface area contributed by atoms with Crippen molar-refractivity contribution >= 4 is 28.3 Å². The van der Waals surface area contributed by atoms with Gasteiger partial charge in [0.15, 0.2) is 0 Å². The van der Waals surface area contributed by atoms with Crippen molar-refractivity contribution in [1.82, 2.24) is 19.3 Å². The summed E-state index contributed by atoms with van der Waals surface area (Å²) in [6.07, 6.45) is 4.37. The first-order valence-electron chi connectivity index (χ1n) is 11.7. The van der Waals surface area contributed by atoms with Gasteiger partial charge in [-0.3, -0.25) is 4.40 Å². The first-order valence-corrected chi connectivity index (χ1v) is 11.7. The van der Waals surface area contributed by atoms with Crippen molar-refractivity contribution in [2.75, 3.05) is 38.7 Å². The number of carbonyl (C=O) groups is 1. The Labute approximate surface area is 203 Å². The molecule has 182 valence electrons. The number of nitrogens with zero attached hydrogens (tertiary/aromatic N) is 4. The van der Waals surface area contributed by atoms with E-state index in [9.17, 15) is 9.90 Å². The number of amides is 1. The summed E-state index contributed by atoms with van der Waals surface area (Å²) in [7, 11) is 1.65. The lowest BCUT2D eigenvalue weighted by atomic mass is 9.89. The Morgan fingerprint density at radius 3 is 2.77 bits per heavy atom. The molecule has 1 aromatic carbocycles. The molecule has 0 atom stereocenters. The number of fused-ring (bicyclic) bond motifs is 2. The largest absolute Gasteiger partial charge is 0.491 e. The zero-order valence-corrected chi connectivity index (χ0v) is 19.9. The lowest BCUT2D eigenvalue weighted by molar-refractivity contribution is 0.124. The maximum Gasteiger partial charge on any atom is 0.407 e. The van der Waals surface area contributed by atoms with Crippen LogP contribution >= 0.6 is 0 Å². The van der Waals surface area contributed by atoms with E-state index in [2.05, 4.69) is 23.3 Å². The monoisotopic (exact) mass is 475 g/mol. The van der Waals surface area contributed by atoms with E-state index in [4.69, 9.17) is 14.5 Å². The van der Waals surface area contributed by atoms with E-state index in [0.29, 0.717) is 26.3 Å². The van der Waals surface area contributed by atoms with Crippen LogP contribution in [0, 0.1) is 0 Å². The van der Waals surface area contributed by atoms with E-state index in [1.54, 1.807) is 7.11 Å². The molecule has 35 heavy (non-hydrogen) atoms. The molecule has 0 unspecified atom stereocenters. The Kier molecular flexibility index (Phi) is 6.17. The first kappa shape index (κ1) is 22.9. The summed E-state index contributed by atoms with van der Waals surface area (Å²) in [5.41, 5.74) is 4.10. The number of anilines is 1. The first-order chi connectivity index (χ1) is 17.0. The van der Waals surface area contributed by atoms with Gasteiger partial charge >= 0.3 is 6.09 Å². The molecular formula is C26H29N5O4. The van der Waals surface area contributed by atoms with Crippen LogP contribution in [0.4, 0.5) is 10.5 Å². The summed E-state index contributed by atoms with van der Waals surface area (Å²) in [5.74, 6) is 0.742. The zero-order chi connectivity index (χ0) is 24.4. The summed E-state index contributed by atoms with van der Waals surface area (Å²) in [6, 6.07) is 14.0. The highest BCUT2D eigenvalue weighted by atomic mass is 16.5. The van der Waals surface area contributed by atoms with E-state index in [1.807, 2.05) is 53.2 Å². The molecule has 9 nitrogen and oxygen atoms in total. The number of pyridine rings is 2. The topological polar surface area (TPSA) is 101 Å². The van der Waals surface area contributed by atoms with Crippen LogP contribution in [-0.4, -0.2) is 69.4 Å². The van der Waals surface area contributed by atoms with Gasteiger partial charge in [0.1, 0.15) is 18.0 Å². The maximum absolute atomic E-state index is 11.3. The second-order valence-corrected chi connectivity index (χ2v) is 9.10. The molecule has 0 saturated carbocycles. The van der Waals surface area contributed by atoms with Crippen LogP contribution in [0.5, 0.6) is 5.75 Å². The Morgan fingerprint density at radius 1 is 1.17 bits per heavy atom. The Morgan fingerprint density at radius 2 is 2.00 bits per heavy atom. The number of benzene rings is 1.